The van der Waals surface area contributed by atoms with Gasteiger partial charge in [0.15, 0.2) is 0 Å². The Bertz CT molecular complexity index is 519. The maximum absolute atomic E-state index is 8.92. The molecule has 0 aliphatic carbocycles. The summed E-state index contributed by atoms with van der Waals surface area (Å²) in [6, 6.07) is 8.44. The van der Waals surface area contributed by atoms with E-state index in [4.69, 9.17) is 15.7 Å². The summed E-state index contributed by atoms with van der Waals surface area (Å²) in [4.78, 5) is 4.88. The zero-order valence-electron chi connectivity index (χ0n) is 11.6. The van der Waals surface area contributed by atoms with Crippen LogP contribution in [-0.2, 0) is 4.74 Å². The monoisotopic (exact) mass is 272 g/mol. The Morgan fingerprint density at radius 1 is 1.25 bits per heavy atom. The fraction of sp³-hybridized carbons (Fsp3) is 0.533. The van der Waals surface area contributed by atoms with Crippen LogP contribution in [0.1, 0.15) is 12.0 Å². The molecule has 1 aromatic carbocycles. The van der Waals surface area contributed by atoms with Crippen molar-refractivity contribution in [1.29, 1.82) is 5.26 Å². The molecule has 2 aliphatic heterocycles. The molecule has 2 fully saturated rings. The Balaban J connectivity index is 1.67. The van der Waals surface area contributed by atoms with Crippen LogP contribution in [0, 0.1) is 11.3 Å². The lowest BCUT2D eigenvalue weighted by Crippen LogP contribution is -2.44. The van der Waals surface area contributed by atoms with Crippen LogP contribution in [0.5, 0.6) is 0 Å². The Labute approximate surface area is 119 Å². The molecule has 2 saturated heterocycles. The number of hydrogen-bond acceptors (Lipinski definition) is 5. The first-order valence-electron chi connectivity index (χ1n) is 7.14. The standard InChI is InChI=1S/C15H20N4O/c16-10-12-1-2-13(9-15(12)17)19-4-3-14(11-19)18-5-7-20-8-6-18/h1-2,9,14H,3-8,11,17H2. The molecule has 5 nitrogen and oxygen atoms in total. The van der Waals surface area contributed by atoms with Gasteiger partial charge >= 0.3 is 0 Å². The van der Waals surface area contributed by atoms with Crippen molar-refractivity contribution in [2.45, 2.75) is 12.5 Å². The summed E-state index contributed by atoms with van der Waals surface area (Å²) in [5.74, 6) is 0. The molecule has 2 aliphatic rings. The fourth-order valence-electron chi connectivity index (χ4n) is 3.07. The van der Waals surface area contributed by atoms with Gasteiger partial charge in [0.05, 0.1) is 24.5 Å². The minimum absolute atomic E-state index is 0.553. The molecule has 106 valence electrons. The van der Waals surface area contributed by atoms with E-state index >= 15 is 0 Å². The van der Waals surface area contributed by atoms with Crippen LogP contribution in [-0.4, -0.2) is 50.3 Å². The molecule has 1 unspecified atom stereocenters. The number of nitriles is 1. The third-order valence-electron chi connectivity index (χ3n) is 4.25. The second-order valence-corrected chi connectivity index (χ2v) is 5.42. The van der Waals surface area contributed by atoms with Crippen LogP contribution in [0.25, 0.3) is 0 Å². The summed E-state index contributed by atoms with van der Waals surface area (Å²) in [5, 5.41) is 8.92. The van der Waals surface area contributed by atoms with Crippen LogP contribution in [0.2, 0.25) is 0 Å². The number of nitrogen functional groups attached to an aromatic ring is 1. The highest BCUT2D eigenvalue weighted by Gasteiger charge is 2.28. The van der Waals surface area contributed by atoms with Gasteiger partial charge in [-0.3, -0.25) is 4.90 Å². The van der Waals surface area contributed by atoms with Gasteiger partial charge in [0.25, 0.3) is 0 Å². The van der Waals surface area contributed by atoms with Gasteiger partial charge in [-0.05, 0) is 24.6 Å². The first-order valence-corrected chi connectivity index (χ1v) is 7.14. The van der Waals surface area contributed by atoms with E-state index in [1.807, 2.05) is 18.2 Å². The van der Waals surface area contributed by atoms with Crippen LogP contribution < -0.4 is 10.6 Å². The highest BCUT2D eigenvalue weighted by molar-refractivity contribution is 5.64. The normalized spacial score (nSPS) is 23.8. The van der Waals surface area contributed by atoms with Crippen molar-refractivity contribution < 1.29 is 4.74 Å². The van der Waals surface area contributed by atoms with Crippen molar-refractivity contribution in [3.63, 3.8) is 0 Å². The zero-order chi connectivity index (χ0) is 13.9. The molecule has 0 aromatic heterocycles. The van der Waals surface area contributed by atoms with Crippen molar-refractivity contribution in [3.05, 3.63) is 23.8 Å². The van der Waals surface area contributed by atoms with Crippen molar-refractivity contribution in [1.82, 2.24) is 4.90 Å². The lowest BCUT2D eigenvalue weighted by molar-refractivity contribution is 0.0209. The summed E-state index contributed by atoms with van der Waals surface area (Å²) in [7, 11) is 0. The molecule has 2 N–H and O–H groups in total. The predicted octanol–water partition coefficient (Wildman–Crippen LogP) is 1.05. The highest BCUT2D eigenvalue weighted by atomic mass is 16.5. The van der Waals surface area contributed by atoms with Gasteiger partial charge in [0, 0.05) is 37.9 Å². The number of nitrogens with zero attached hydrogens (tertiary/aromatic N) is 3. The zero-order valence-corrected chi connectivity index (χ0v) is 11.6. The molecule has 1 aromatic rings. The van der Waals surface area contributed by atoms with Gasteiger partial charge in [0.2, 0.25) is 0 Å². The Kier molecular flexibility index (Phi) is 3.77. The summed E-state index contributed by atoms with van der Waals surface area (Å²) in [6.45, 7) is 5.85. The molecule has 3 rings (SSSR count). The van der Waals surface area contributed by atoms with Crippen LogP contribution >= 0.6 is 0 Å². The predicted molar refractivity (Wildman–Crippen MR) is 78.6 cm³/mol. The minimum Gasteiger partial charge on any atom is -0.398 e. The van der Waals surface area contributed by atoms with E-state index in [0.29, 0.717) is 17.3 Å². The van der Waals surface area contributed by atoms with Crippen molar-refractivity contribution in [2.24, 2.45) is 0 Å². The minimum atomic E-state index is 0.553. The second kappa shape index (κ2) is 5.70. The van der Waals surface area contributed by atoms with Crippen molar-refractivity contribution >= 4 is 11.4 Å². The second-order valence-electron chi connectivity index (χ2n) is 5.42. The number of rotatable bonds is 2. The van der Waals surface area contributed by atoms with E-state index in [9.17, 15) is 0 Å². The molecule has 0 amide bonds. The first-order chi connectivity index (χ1) is 9.78. The number of hydrogen-bond donors (Lipinski definition) is 1. The lowest BCUT2D eigenvalue weighted by atomic mass is 10.1. The van der Waals surface area contributed by atoms with E-state index in [-0.39, 0.29) is 0 Å². The van der Waals surface area contributed by atoms with Crippen LogP contribution in [0.15, 0.2) is 18.2 Å². The fourth-order valence-corrected chi connectivity index (χ4v) is 3.07. The summed E-state index contributed by atoms with van der Waals surface area (Å²) in [6.07, 6.45) is 1.18. The molecule has 0 bridgehead atoms. The first kappa shape index (κ1) is 13.2. The quantitative estimate of drug-likeness (QED) is 0.815. The van der Waals surface area contributed by atoms with Gasteiger partial charge in [-0.1, -0.05) is 0 Å². The van der Waals surface area contributed by atoms with E-state index in [1.165, 1.54) is 6.42 Å². The average molecular weight is 272 g/mol. The largest absolute Gasteiger partial charge is 0.398 e. The molecular weight excluding hydrogens is 252 g/mol. The molecule has 2 heterocycles. The Morgan fingerprint density at radius 2 is 2.05 bits per heavy atom. The van der Waals surface area contributed by atoms with Crippen molar-refractivity contribution in [3.8, 4) is 6.07 Å². The Morgan fingerprint density at radius 3 is 2.75 bits per heavy atom. The highest BCUT2D eigenvalue weighted by Crippen LogP contribution is 2.26. The molecule has 0 spiro atoms. The van der Waals surface area contributed by atoms with Gasteiger partial charge in [-0.25, -0.2) is 0 Å². The number of nitrogens with two attached hydrogens (primary N) is 1. The average Bonchev–Trinajstić information content (AvgIpc) is 2.98. The summed E-state index contributed by atoms with van der Waals surface area (Å²) < 4.78 is 5.41. The Hall–Kier alpha value is -1.77. The number of benzene rings is 1. The number of anilines is 2. The smallest absolute Gasteiger partial charge is 0.101 e. The van der Waals surface area contributed by atoms with E-state index in [1.54, 1.807) is 0 Å². The molecule has 0 saturated carbocycles. The van der Waals surface area contributed by atoms with E-state index in [0.717, 1.165) is 45.1 Å². The molecule has 20 heavy (non-hydrogen) atoms. The van der Waals surface area contributed by atoms with E-state index in [2.05, 4.69) is 15.9 Å². The molecule has 0 radical (unpaired) electrons. The van der Waals surface area contributed by atoms with E-state index < -0.39 is 0 Å². The van der Waals surface area contributed by atoms with Crippen molar-refractivity contribution in [2.75, 3.05) is 50.0 Å². The van der Waals surface area contributed by atoms with Crippen LogP contribution in [0.4, 0.5) is 11.4 Å². The number of ether oxygens (including phenoxy) is 1. The summed E-state index contributed by atoms with van der Waals surface area (Å²) >= 11 is 0. The maximum atomic E-state index is 8.92. The van der Waals surface area contributed by atoms with Crippen LogP contribution in [0.3, 0.4) is 0 Å². The lowest BCUT2D eigenvalue weighted by Gasteiger charge is -2.32. The third kappa shape index (κ3) is 2.58. The third-order valence-corrected chi connectivity index (χ3v) is 4.25. The van der Waals surface area contributed by atoms with Gasteiger partial charge in [0.1, 0.15) is 6.07 Å². The molecular formula is C15H20N4O. The maximum Gasteiger partial charge on any atom is 0.101 e. The topological polar surface area (TPSA) is 65.5 Å². The van der Waals surface area contributed by atoms with Gasteiger partial charge in [-0.2, -0.15) is 5.26 Å². The summed E-state index contributed by atoms with van der Waals surface area (Å²) in [5.41, 5.74) is 8.15. The molecule has 1 atom stereocenters. The number of morpholine rings is 1. The SMILES string of the molecule is N#Cc1ccc(N2CCC(N3CCOCC3)C2)cc1N. The van der Waals surface area contributed by atoms with Gasteiger partial charge in [-0.15, -0.1) is 0 Å². The van der Waals surface area contributed by atoms with Gasteiger partial charge < -0.3 is 15.4 Å². The molecule has 5 heteroatoms.